The van der Waals surface area contributed by atoms with Crippen molar-refractivity contribution in [2.24, 2.45) is 5.92 Å². The fourth-order valence-corrected chi connectivity index (χ4v) is 3.08. The minimum atomic E-state index is -0.0878. The number of nitriles is 1. The zero-order chi connectivity index (χ0) is 17.6. The van der Waals surface area contributed by atoms with Gasteiger partial charge >= 0.3 is 0 Å². The van der Waals surface area contributed by atoms with Crippen LogP contribution in [-0.4, -0.2) is 40.2 Å². The third-order valence-corrected chi connectivity index (χ3v) is 4.45. The molecule has 1 atom stereocenters. The van der Waals surface area contributed by atoms with Crippen molar-refractivity contribution in [2.75, 3.05) is 19.6 Å². The van der Waals surface area contributed by atoms with Crippen LogP contribution in [0.5, 0.6) is 0 Å². The van der Waals surface area contributed by atoms with Crippen LogP contribution in [-0.2, 0) is 6.54 Å². The van der Waals surface area contributed by atoms with Crippen molar-refractivity contribution in [3.8, 4) is 6.07 Å². The van der Waals surface area contributed by atoms with Gasteiger partial charge in [-0.1, -0.05) is 6.58 Å². The van der Waals surface area contributed by atoms with Gasteiger partial charge in [0, 0.05) is 43.2 Å². The number of benzene rings is 1. The number of amides is 1. The molecule has 0 spiro atoms. The Balaban J connectivity index is 1.45. The first-order valence-corrected chi connectivity index (χ1v) is 8.34. The zero-order valence-electron chi connectivity index (χ0n) is 14.1. The molecule has 6 heteroatoms. The zero-order valence-corrected chi connectivity index (χ0v) is 14.1. The van der Waals surface area contributed by atoms with Gasteiger partial charge in [-0.3, -0.25) is 9.69 Å². The molecule has 1 fully saturated rings. The van der Waals surface area contributed by atoms with Crippen molar-refractivity contribution in [3.63, 3.8) is 0 Å². The lowest BCUT2D eigenvalue weighted by Crippen LogP contribution is -2.30. The highest BCUT2D eigenvalue weighted by molar-refractivity contribution is 5.94. The van der Waals surface area contributed by atoms with Gasteiger partial charge in [-0.25, -0.2) is 4.68 Å². The van der Waals surface area contributed by atoms with Gasteiger partial charge in [0.05, 0.1) is 17.8 Å². The lowest BCUT2D eigenvalue weighted by Gasteiger charge is -2.15. The second-order valence-electron chi connectivity index (χ2n) is 6.30. The standard InChI is InChI=1S/C19H21N5O/c1-2-24-14-17(11-22-24)13-23-8-7-16(12-23)10-21-19(25)18-5-3-15(9-20)4-6-18/h2-6,11,14,16H,1,7-8,10,12-13H2,(H,21,25)/t16-/m0/s1. The first kappa shape index (κ1) is 16.9. The quantitative estimate of drug-likeness (QED) is 0.877. The average Bonchev–Trinajstić information content (AvgIpc) is 3.29. The summed E-state index contributed by atoms with van der Waals surface area (Å²) in [6.45, 7) is 7.22. The Hall–Kier alpha value is -2.91. The van der Waals surface area contributed by atoms with E-state index in [1.807, 2.05) is 12.4 Å². The molecule has 1 N–H and O–H groups in total. The largest absolute Gasteiger partial charge is 0.352 e. The van der Waals surface area contributed by atoms with Crippen LogP contribution in [0.4, 0.5) is 0 Å². The van der Waals surface area contributed by atoms with Crippen LogP contribution >= 0.6 is 0 Å². The predicted molar refractivity (Wildman–Crippen MR) is 95.5 cm³/mol. The van der Waals surface area contributed by atoms with Gasteiger partial charge in [0.1, 0.15) is 0 Å². The highest BCUT2D eigenvalue weighted by Crippen LogP contribution is 2.18. The summed E-state index contributed by atoms with van der Waals surface area (Å²) in [7, 11) is 0. The van der Waals surface area contributed by atoms with Crippen molar-refractivity contribution in [1.82, 2.24) is 20.0 Å². The van der Waals surface area contributed by atoms with E-state index in [0.29, 0.717) is 23.6 Å². The highest BCUT2D eigenvalue weighted by atomic mass is 16.1. The Morgan fingerprint density at radius 3 is 2.92 bits per heavy atom. The molecular formula is C19H21N5O. The van der Waals surface area contributed by atoms with E-state index in [1.165, 1.54) is 5.56 Å². The molecule has 0 bridgehead atoms. The lowest BCUT2D eigenvalue weighted by molar-refractivity contribution is 0.0947. The fraction of sp³-hybridized carbons (Fsp3) is 0.316. The minimum Gasteiger partial charge on any atom is -0.352 e. The molecule has 1 aliphatic rings. The van der Waals surface area contributed by atoms with E-state index in [-0.39, 0.29) is 5.91 Å². The first-order chi connectivity index (χ1) is 12.2. The van der Waals surface area contributed by atoms with Crippen molar-refractivity contribution < 1.29 is 4.79 Å². The lowest BCUT2D eigenvalue weighted by atomic mass is 10.1. The molecule has 1 aromatic heterocycles. The van der Waals surface area contributed by atoms with E-state index < -0.39 is 0 Å². The second-order valence-corrected chi connectivity index (χ2v) is 6.30. The summed E-state index contributed by atoms with van der Waals surface area (Å²) in [5, 5.41) is 16.0. The van der Waals surface area contributed by atoms with E-state index in [1.54, 1.807) is 35.1 Å². The van der Waals surface area contributed by atoms with Crippen LogP contribution in [0, 0.1) is 17.2 Å². The van der Waals surface area contributed by atoms with Crippen LogP contribution in [0.3, 0.4) is 0 Å². The first-order valence-electron chi connectivity index (χ1n) is 8.34. The SMILES string of the molecule is C=Cn1cc(CN2CC[C@@H](CNC(=O)c3ccc(C#N)cc3)C2)cn1. The maximum atomic E-state index is 12.2. The number of likely N-dealkylation sites (tertiary alicyclic amines) is 1. The molecule has 128 valence electrons. The van der Waals surface area contributed by atoms with Crippen LogP contribution in [0.1, 0.15) is 27.9 Å². The summed E-state index contributed by atoms with van der Waals surface area (Å²) in [5.74, 6) is 0.368. The Labute approximate surface area is 147 Å². The van der Waals surface area contributed by atoms with Gasteiger partial charge in [-0.05, 0) is 43.1 Å². The van der Waals surface area contributed by atoms with Crippen LogP contribution in [0.25, 0.3) is 6.20 Å². The molecule has 25 heavy (non-hydrogen) atoms. The number of carbonyl (C=O) groups excluding carboxylic acids is 1. The van der Waals surface area contributed by atoms with Crippen molar-refractivity contribution in [3.05, 3.63) is 59.9 Å². The molecule has 3 rings (SSSR count). The number of nitrogens with zero attached hydrogens (tertiary/aromatic N) is 4. The Kier molecular flexibility index (Phi) is 5.26. The highest BCUT2D eigenvalue weighted by Gasteiger charge is 2.23. The molecule has 0 aliphatic carbocycles. The van der Waals surface area contributed by atoms with E-state index in [2.05, 4.69) is 28.0 Å². The topological polar surface area (TPSA) is 73.9 Å². The van der Waals surface area contributed by atoms with Gasteiger partial charge in [0.25, 0.3) is 5.91 Å². The number of hydrogen-bond acceptors (Lipinski definition) is 4. The van der Waals surface area contributed by atoms with Crippen LogP contribution in [0.15, 0.2) is 43.2 Å². The number of aromatic nitrogens is 2. The van der Waals surface area contributed by atoms with Crippen molar-refractivity contribution in [2.45, 2.75) is 13.0 Å². The second kappa shape index (κ2) is 7.77. The van der Waals surface area contributed by atoms with E-state index in [0.717, 1.165) is 26.1 Å². The molecule has 2 aromatic rings. The summed E-state index contributed by atoms with van der Waals surface area (Å²) >= 11 is 0. The molecule has 2 heterocycles. The van der Waals surface area contributed by atoms with E-state index in [9.17, 15) is 4.79 Å². The Morgan fingerprint density at radius 1 is 1.44 bits per heavy atom. The molecule has 6 nitrogen and oxygen atoms in total. The normalized spacial score (nSPS) is 17.2. The van der Waals surface area contributed by atoms with E-state index >= 15 is 0 Å². The molecule has 0 radical (unpaired) electrons. The van der Waals surface area contributed by atoms with Gasteiger partial charge in [0.2, 0.25) is 0 Å². The third kappa shape index (κ3) is 4.34. The number of hydrogen-bond donors (Lipinski definition) is 1. The molecule has 1 aromatic carbocycles. The number of rotatable bonds is 6. The smallest absolute Gasteiger partial charge is 0.251 e. The Morgan fingerprint density at radius 2 is 2.24 bits per heavy atom. The van der Waals surface area contributed by atoms with Crippen molar-refractivity contribution >= 4 is 12.1 Å². The average molecular weight is 335 g/mol. The molecule has 1 saturated heterocycles. The summed E-state index contributed by atoms with van der Waals surface area (Å²) in [4.78, 5) is 14.6. The van der Waals surface area contributed by atoms with E-state index in [4.69, 9.17) is 5.26 Å². The number of nitrogens with one attached hydrogen (secondary N) is 1. The molecule has 1 aliphatic heterocycles. The maximum absolute atomic E-state index is 12.2. The van der Waals surface area contributed by atoms with Gasteiger partial charge < -0.3 is 5.32 Å². The fourth-order valence-electron chi connectivity index (χ4n) is 3.08. The van der Waals surface area contributed by atoms with Crippen LogP contribution in [0.2, 0.25) is 0 Å². The summed E-state index contributed by atoms with van der Waals surface area (Å²) in [6.07, 6.45) is 6.59. The minimum absolute atomic E-state index is 0.0878. The van der Waals surface area contributed by atoms with Crippen molar-refractivity contribution in [1.29, 1.82) is 5.26 Å². The monoisotopic (exact) mass is 335 g/mol. The Bertz CT molecular complexity index is 787. The maximum Gasteiger partial charge on any atom is 0.251 e. The van der Waals surface area contributed by atoms with Gasteiger partial charge in [-0.15, -0.1) is 0 Å². The summed E-state index contributed by atoms with van der Waals surface area (Å²) < 4.78 is 1.71. The summed E-state index contributed by atoms with van der Waals surface area (Å²) in [6, 6.07) is 8.75. The molecule has 0 unspecified atom stereocenters. The third-order valence-electron chi connectivity index (χ3n) is 4.45. The molecule has 1 amide bonds. The molecular weight excluding hydrogens is 314 g/mol. The van der Waals surface area contributed by atoms with Gasteiger partial charge in [-0.2, -0.15) is 10.4 Å². The predicted octanol–water partition coefficient (Wildman–Crippen LogP) is 2.11. The van der Waals surface area contributed by atoms with Crippen LogP contribution < -0.4 is 5.32 Å². The number of carbonyl (C=O) groups is 1. The molecule has 0 saturated carbocycles. The van der Waals surface area contributed by atoms with Gasteiger partial charge in [0.15, 0.2) is 0 Å². The summed E-state index contributed by atoms with van der Waals surface area (Å²) in [5.41, 5.74) is 2.32.